The highest BCUT2D eigenvalue weighted by Gasteiger charge is 2.26. The van der Waals surface area contributed by atoms with Gasteiger partial charge in [-0.1, -0.05) is 18.2 Å². The van der Waals surface area contributed by atoms with E-state index in [0.29, 0.717) is 35.7 Å². The highest BCUT2D eigenvalue weighted by atomic mass is 19.1. The van der Waals surface area contributed by atoms with Crippen molar-refractivity contribution in [2.45, 2.75) is 12.8 Å². The summed E-state index contributed by atoms with van der Waals surface area (Å²) in [6.07, 6.45) is 1.96. The van der Waals surface area contributed by atoms with Crippen molar-refractivity contribution in [1.82, 2.24) is 9.88 Å². The number of halogens is 1. The van der Waals surface area contributed by atoms with E-state index in [1.807, 2.05) is 24.3 Å². The fourth-order valence-corrected chi connectivity index (χ4v) is 4.02. The first-order valence-electron chi connectivity index (χ1n) is 9.66. The molecule has 146 valence electrons. The number of amides is 2. The number of nitrogens with zero attached hydrogens (tertiary/aromatic N) is 2. The highest BCUT2D eigenvalue weighted by molar-refractivity contribution is 6.22. The lowest BCUT2D eigenvalue weighted by molar-refractivity contribution is -0.114. The van der Waals surface area contributed by atoms with Gasteiger partial charge in [-0.15, -0.1) is 0 Å². The SMILES string of the molecule is O=C1CN=C(c2ccc(C(=O)N3CCCC3)cc2F)c2[nH]c3ccccc3c2N1. The van der Waals surface area contributed by atoms with Crippen LogP contribution in [0, 0.1) is 5.82 Å². The lowest BCUT2D eigenvalue weighted by Crippen LogP contribution is -2.27. The molecule has 1 aromatic heterocycles. The Morgan fingerprint density at radius 2 is 1.90 bits per heavy atom. The Hall–Kier alpha value is -3.48. The molecule has 0 saturated carbocycles. The Morgan fingerprint density at radius 1 is 1.10 bits per heavy atom. The van der Waals surface area contributed by atoms with Crippen molar-refractivity contribution in [2.75, 3.05) is 25.0 Å². The minimum atomic E-state index is -0.534. The van der Waals surface area contributed by atoms with Crippen LogP contribution < -0.4 is 5.32 Å². The number of anilines is 1. The van der Waals surface area contributed by atoms with Crippen LogP contribution in [0.1, 0.15) is 34.5 Å². The zero-order valence-corrected chi connectivity index (χ0v) is 15.7. The maximum Gasteiger partial charge on any atom is 0.253 e. The number of hydrogen-bond acceptors (Lipinski definition) is 3. The summed E-state index contributed by atoms with van der Waals surface area (Å²) in [6.45, 7) is 1.32. The number of fused-ring (bicyclic) bond motifs is 3. The summed E-state index contributed by atoms with van der Waals surface area (Å²) in [7, 11) is 0. The molecular weight excluding hydrogens is 371 g/mol. The average Bonchev–Trinajstić information content (AvgIpc) is 3.34. The Morgan fingerprint density at radius 3 is 2.69 bits per heavy atom. The van der Waals surface area contributed by atoms with Crippen LogP contribution >= 0.6 is 0 Å². The van der Waals surface area contributed by atoms with Gasteiger partial charge in [0.1, 0.15) is 12.4 Å². The number of carbonyl (C=O) groups excluding carboxylic acids is 2. The van der Waals surface area contributed by atoms with Gasteiger partial charge in [0.25, 0.3) is 5.91 Å². The van der Waals surface area contributed by atoms with Crippen molar-refractivity contribution < 1.29 is 14.0 Å². The molecule has 5 rings (SSSR count). The van der Waals surface area contributed by atoms with Crippen LogP contribution in [0.3, 0.4) is 0 Å². The van der Waals surface area contributed by atoms with Crippen molar-refractivity contribution in [3.63, 3.8) is 0 Å². The van der Waals surface area contributed by atoms with Gasteiger partial charge in [-0.05, 0) is 37.1 Å². The first kappa shape index (κ1) is 17.6. The minimum absolute atomic E-state index is 0.0971. The van der Waals surface area contributed by atoms with Crippen LogP contribution in [-0.4, -0.2) is 47.0 Å². The molecule has 0 unspecified atom stereocenters. The van der Waals surface area contributed by atoms with E-state index in [1.54, 1.807) is 17.0 Å². The number of rotatable bonds is 2. The molecule has 0 aliphatic carbocycles. The van der Waals surface area contributed by atoms with Gasteiger partial charge in [0.05, 0.1) is 17.1 Å². The second-order valence-electron chi connectivity index (χ2n) is 7.33. The van der Waals surface area contributed by atoms with E-state index in [1.165, 1.54) is 6.07 Å². The fraction of sp³-hybridized carbons (Fsp3) is 0.227. The van der Waals surface area contributed by atoms with Gasteiger partial charge in [0.15, 0.2) is 0 Å². The van der Waals surface area contributed by atoms with Gasteiger partial charge in [-0.3, -0.25) is 14.6 Å². The standard InChI is InChI=1S/C22H19FN4O2/c23-16-11-13(22(29)27-9-3-4-10-27)7-8-14(16)19-21-20(26-18(28)12-24-19)15-5-1-2-6-17(15)25-21/h1-2,5-8,11,25H,3-4,9-10,12H2,(H,26,28). The Bertz CT molecular complexity index is 1170. The van der Waals surface area contributed by atoms with E-state index in [4.69, 9.17) is 0 Å². The molecule has 2 amide bonds. The van der Waals surface area contributed by atoms with Gasteiger partial charge in [0, 0.05) is 35.1 Å². The number of aliphatic imine (C=N–C) groups is 1. The van der Waals surface area contributed by atoms with E-state index < -0.39 is 5.82 Å². The number of benzene rings is 2. The fourth-order valence-electron chi connectivity index (χ4n) is 4.02. The van der Waals surface area contributed by atoms with E-state index >= 15 is 4.39 Å². The zero-order valence-electron chi connectivity index (χ0n) is 15.7. The van der Waals surface area contributed by atoms with Gasteiger partial charge in [0.2, 0.25) is 5.91 Å². The number of aromatic nitrogens is 1. The predicted octanol–water partition coefficient (Wildman–Crippen LogP) is 3.33. The number of carbonyl (C=O) groups is 2. The predicted molar refractivity (Wildman–Crippen MR) is 109 cm³/mol. The Balaban J connectivity index is 1.59. The molecule has 2 N–H and O–H groups in total. The summed E-state index contributed by atoms with van der Waals surface area (Å²) in [5, 5.41) is 3.70. The molecule has 2 aromatic carbocycles. The molecule has 3 aromatic rings. The second kappa shape index (κ2) is 6.84. The average molecular weight is 390 g/mol. The second-order valence-corrected chi connectivity index (χ2v) is 7.33. The number of hydrogen-bond donors (Lipinski definition) is 2. The van der Waals surface area contributed by atoms with Gasteiger partial charge in [-0.2, -0.15) is 0 Å². The van der Waals surface area contributed by atoms with Crippen LogP contribution in [0.4, 0.5) is 10.1 Å². The first-order chi connectivity index (χ1) is 14.1. The summed E-state index contributed by atoms with van der Waals surface area (Å²) in [4.78, 5) is 34.1. The maximum absolute atomic E-state index is 15.1. The molecule has 7 heteroatoms. The quantitative estimate of drug-likeness (QED) is 0.704. The molecule has 29 heavy (non-hydrogen) atoms. The highest BCUT2D eigenvalue weighted by Crippen LogP contribution is 2.31. The smallest absolute Gasteiger partial charge is 0.253 e. The van der Waals surface area contributed by atoms with Crippen LogP contribution in [-0.2, 0) is 4.79 Å². The van der Waals surface area contributed by atoms with Gasteiger partial charge in [-0.25, -0.2) is 4.39 Å². The molecular formula is C22H19FN4O2. The summed E-state index contributed by atoms with van der Waals surface area (Å²) in [5.74, 6) is -0.945. The topological polar surface area (TPSA) is 77.6 Å². The van der Waals surface area contributed by atoms with Gasteiger partial charge >= 0.3 is 0 Å². The molecule has 0 atom stereocenters. The number of aromatic amines is 1. The van der Waals surface area contributed by atoms with Gasteiger partial charge < -0.3 is 15.2 Å². The van der Waals surface area contributed by atoms with E-state index in [9.17, 15) is 9.59 Å². The van der Waals surface area contributed by atoms with E-state index in [2.05, 4.69) is 15.3 Å². The van der Waals surface area contributed by atoms with E-state index in [-0.39, 0.29) is 23.9 Å². The van der Waals surface area contributed by atoms with Crippen molar-refractivity contribution in [3.8, 4) is 0 Å². The molecule has 0 spiro atoms. The largest absolute Gasteiger partial charge is 0.351 e. The summed E-state index contributed by atoms with van der Waals surface area (Å²) >= 11 is 0. The molecule has 3 heterocycles. The number of H-pyrrole nitrogens is 1. The third kappa shape index (κ3) is 2.99. The first-order valence-corrected chi connectivity index (χ1v) is 9.66. The number of para-hydroxylation sites is 1. The minimum Gasteiger partial charge on any atom is -0.351 e. The maximum atomic E-state index is 15.1. The van der Waals surface area contributed by atoms with Crippen molar-refractivity contribution in [3.05, 3.63) is 65.1 Å². The summed E-state index contributed by atoms with van der Waals surface area (Å²) in [6, 6.07) is 12.0. The lowest BCUT2D eigenvalue weighted by Gasteiger charge is -2.16. The summed E-state index contributed by atoms with van der Waals surface area (Å²) < 4.78 is 15.1. The third-order valence-electron chi connectivity index (χ3n) is 5.45. The van der Waals surface area contributed by atoms with Crippen molar-refractivity contribution >= 4 is 34.1 Å². The van der Waals surface area contributed by atoms with Crippen LogP contribution in [0.25, 0.3) is 10.9 Å². The van der Waals surface area contributed by atoms with Crippen LogP contribution in [0.2, 0.25) is 0 Å². The molecule has 2 aliphatic heterocycles. The normalized spacial score (nSPS) is 16.4. The van der Waals surface area contributed by atoms with Crippen LogP contribution in [0.5, 0.6) is 0 Å². The van der Waals surface area contributed by atoms with E-state index in [0.717, 1.165) is 23.7 Å². The summed E-state index contributed by atoms with van der Waals surface area (Å²) in [5.41, 5.74) is 2.94. The molecule has 6 nitrogen and oxygen atoms in total. The third-order valence-corrected chi connectivity index (χ3v) is 5.45. The van der Waals surface area contributed by atoms with Crippen LogP contribution in [0.15, 0.2) is 47.5 Å². The van der Waals surface area contributed by atoms with Crippen molar-refractivity contribution in [1.29, 1.82) is 0 Å². The number of nitrogens with one attached hydrogen (secondary N) is 2. The molecule has 0 radical (unpaired) electrons. The molecule has 2 aliphatic rings. The zero-order chi connectivity index (χ0) is 20.0. The Labute approximate surface area is 166 Å². The Kier molecular flexibility index (Phi) is 4.16. The number of likely N-dealkylation sites (tertiary alicyclic amines) is 1. The van der Waals surface area contributed by atoms with Crippen molar-refractivity contribution in [2.24, 2.45) is 4.99 Å². The molecule has 1 saturated heterocycles. The monoisotopic (exact) mass is 390 g/mol. The molecule has 0 bridgehead atoms. The molecule has 1 fully saturated rings. The lowest BCUT2D eigenvalue weighted by atomic mass is 10.0.